The molecule has 0 spiro atoms. The molecule has 94 valence electrons. The van der Waals surface area contributed by atoms with E-state index in [2.05, 4.69) is 15.5 Å². The van der Waals surface area contributed by atoms with Crippen LogP contribution in [-0.2, 0) is 9.53 Å². The van der Waals surface area contributed by atoms with E-state index in [-0.39, 0.29) is 11.9 Å². The average molecular weight is 256 g/mol. The van der Waals surface area contributed by atoms with Gasteiger partial charge in [0.2, 0.25) is 5.16 Å². The van der Waals surface area contributed by atoms with Crippen molar-refractivity contribution in [2.75, 3.05) is 12.4 Å². The number of ether oxygens (including phenoxy) is 1. The molecule has 1 aromatic rings. The molecule has 0 aliphatic heterocycles. The van der Waals surface area contributed by atoms with Crippen LogP contribution in [0.15, 0.2) is 5.16 Å². The predicted octanol–water partition coefficient (Wildman–Crippen LogP) is 1.30. The van der Waals surface area contributed by atoms with Gasteiger partial charge in [0.05, 0.1) is 18.6 Å². The first-order valence-corrected chi connectivity index (χ1v) is 6.78. The maximum atomic E-state index is 11.4. The van der Waals surface area contributed by atoms with Crippen LogP contribution < -0.4 is 0 Å². The minimum atomic E-state index is -0.162. The van der Waals surface area contributed by atoms with Gasteiger partial charge in [0.1, 0.15) is 0 Å². The molecular weight excluding hydrogens is 240 g/mol. The van der Waals surface area contributed by atoms with Crippen LogP contribution in [0.5, 0.6) is 0 Å². The number of carbonyl (C=O) groups is 1. The third-order valence-electron chi connectivity index (χ3n) is 2.51. The van der Waals surface area contributed by atoms with Crippen molar-refractivity contribution >= 4 is 17.7 Å². The maximum Gasteiger partial charge on any atom is 0.309 e. The lowest BCUT2D eigenvalue weighted by Gasteiger charge is -2.09. The first-order valence-electron chi connectivity index (χ1n) is 5.79. The van der Waals surface area contributed by atoms with E-state index in [1.807, 2.05) is 18.5 Å². The molecule has 0 amide bonds. The SMILES string of the molecule is CCOC(=O)C(C)CSc1nnnn1C1CC1. The summed E-state index contributed by atoms with van der Waals surface area (Å²) in [6.45, 7) is 4.09. The summed E-state index contributed by atoms with van der Waals surface area (Å²) in [6, 6.07) is 0.463. The monoisotopic (exact) mass is 256 g/mol. The van der Waals surface area contributed by atoms with Gasteiger partial charge in [0.25, 0.3) is 0 Å². The zero-order chi connectivity index (χ0) is 12.3. The van der Waals surface area contributed by atoms with Crippen molar-refractivity contribution in [3.05, 3.63) is 0 Å². The van der Waals surface area contributed by atoms with Gasteiger partial charge < -0.3 is 4.74 Å². The van der Waals surface area contributed by atoms with Crippen molar-refractivity contribution in [3.63, 3.8) is 0 Å². The fourth-order valence-corrected chi connectivity index (χ4v) is 2.33. The third-order valence-corrected chi connectivity index (χ3v) is 3.70. The van der Waals surface area contributed by atoms with Crippen LogP contribution in [0.25, 0.3) is 0 Å². The molecule has 1 unspecified atom stereocenters. The molecule has 1 atom stereocenters. The molecule has 1 fully saturated rings. The maximum absolute atomic E-state index is 11.4. The molecular formula is C10H16N4O2S. The van der Waals surface area contributed by atoms with Crippen molar-refractivity contribution < 1.29 is 9.53 Å². The molecule has 1 aliphatic rings. The van der Waals surface area contributed by atoms with Gasteiger partial charge in [-0.2, -0.15) is 0 Å². The Morgan fingerprint density at radius 2 is 2.41 bits per heavy atom. The Balaban J connectivity index is 1.84. The fraction of sp³-hybridized carbons (Fsp3) is 0.800. The lowest BCUT2D eigenvalue weighted by atomic mass is 10.2. The summed E-state index contributed by atoms with van der Waals surface area (Å²) in [5.41, 5.74) is 0. The highest BCUT2D eigenvalue weighted by molar-refractivity contribution is 7.99. The Morgan fingerprint density at radius 1 is 1.65 bits per heavy atom. The van der Waals surface area contributed by atoms with E-state index in [9.17, 15) is 4.79 Å². The largest absolute Gasteiger partial charge is 0.466 e. The zero-order valence-electron chi connectivity index (χ0n) is 10.00. The van der Waals surface area contributed by atoms with Gasteiger partial charge in [0.15, 0.2) is 0 Å². The molecule has 6 nitrogen and oxygen atoms in total. The van der Waals surface area contributed by atoms with E-state index in [0.717, 1.165) is 18.0 Å². The van der Waals surface area contributed by atoms with E-state index in [1.54, 1.807) is 0 Å². The average Bonchev–Trinajstić information content (AvgIpc) is 3.06. The number of thioether (sulfide) groups is 1. The summed E-state index contributed by atoms with van der Waals surface area (Å²) in [7, 11) is 0. The minimum Gasteiger partial charge on any atom is -0.466 e. The molecule has 1 aromatic heterocycles. The highest BCUT2D eigenvalue weighted by Crippen LogP contribution is 2.36. The number of aromatic nitrogens is 4. The van der Waals surface area contributed by atoms with Crippen LogP contribution >= 0.6 is 11.8 Å². The highest BCUT2D eigenvalue weighted by atomic mass is 32.2. The molecule has 1 heterocycles. The molecule has 17 heavy (non-hydrogen) atoms. The minimum absolute atomic E-state index is 0.135. The van der Waals surface area contributed by atoms with Crippen molar-refractivity contribution in [1.29, 1.82) is 0 Å². The van der Waals surface area contributed by atoms with E-state index >= 15 is 0 Å². The van der Waals surface area contributed by atoms with Gasteiger partial charge in [0, 0.05) is 5.75 Å². The van der Waals surface area contributed by atoms with Crippen LogP contribution in [0.3, 0.4) is 0 Å². The third kappa shape index (κ3) is 3.18. The van der Waals surface area contributed by atoms with Gasteiger partial charge >= 0.3 is 5.97 Å². The lowest BCUT2D eigenvalue weighted by molar-refractivity contribution is -0.146. The van der Waals surface area contributed by atoms with Crippen LogP contribution in [-0.4, -0.2) is 38.5 Å². The second-order valence-corrected chi connectivity index (χ2v) is 5.09. The first-order chi connectivity index (χ1) is 8.22. The molecule has 2 rings (SSSR count). The number of hydrogen-bond acceptors (Lipinski definition) is 6. The van der Waals surface area contributed by atoms with Gasteiger partial charge in [-0.25, -0.2) is 4.68 Å². The number of carbonyl (C=O) groups excluding carboxylic acids is 1. The standard InChI is InChI=1S/C10H16N4O2S/c1-3-16-9(15)7(2)6-17-10-11-12-13-14(10)8-4-5-8/h7-8H,3-6H2,1-2H3. The molecule has 0 bridgehead atoms. The number of nitrogens with zero attached hydrogens (tertiary/aromatic N) is 4. The molecule has 0 radical (unpaired) electrons. The zero-order valence-corrected chi connectivity index (χ0v) is 10.8. The Morgan fingerprint density at radius 3 is 3.06 bits per heavy atom. The van der Waals surface area contributed by atoms with E-state index in [0.29, 0.717) is 18.4 Å². The summed E-state index contributed by atoms with van der Waals surface area (Å²) in [5.74, 6) is 0.348. The Kier molecular flexibility index (Phi) is 3.98. The number of tetrazole rings is 1. The Bertz CT molecular complexity index is 391. The summed E-state index contributed by atoms with van der Waals surface area (Å²) in [5, 5.41) is 12.4. The van der Waals surface area contributed by atoms with Crippen molar-refractivity contribution in [3.8, 4) is 0 Å². The van der Waals surface area contributed by atoms with Gasteiger partial charge in [-0.3, -0.25) is 4.79 Å². The summed E-state index contributed by atoms with van der Waals surface area (Å²) < 4.78 is 6.80. The molecule has 0 N–H and O–H groups in total. The predicted molar refractivity (Wildman–Crippen MR) is 62.6 cm³/mol. The fourth-order valence-electron chi connectivity index (χ4n) is 1.38. The van der Waals surface area contributed by atoms with E-state index < -0.39 is 0 Å². The summed E-state index contributed by atoms with van der Waals surface area (Å²) >= 11 is 1.51. The second kappa shape index (κ2) is 5.48. The Hall–Kier alpha value is -1.11. The van der Waals surface area contributed by atoms with E-state index in [1.165, 1.54) is 11.8 Å². The topological polar surface area (TPSA) is 69.9 Å². The van der Waals surface area contributed by atoms with Gasteiger partial charge in [-0.05, 0) is 30.2 Å². The second-order valence-electron chi connectivity index (χ2n) is 4.10. The van der Waals surface area contributed by atoms with Crippen LogP contribution in [0.4, 0.5) is 0 Å². The normalized spacial score (nSPS) is 16.8. The molecule has 0 saturated heterocycles. The summed E-state index contributed by atoms with van der Waals surface area (Å²) in [4.78, 5) is 11.4. The summed E-state index contributed by atoms with van der Waals surface area (Å²) in [6.07, 6.45) is 2.29. The van der Waals surface area contributed by atoms with Gasteiger partial charge in [-0.15, -0.1) is 5.10 Å². The smallest absolute Gasteiger partial charge is 0.309 e. The lowest BCUT2D eigenvalue weighted by Crippen LogP contribution is -2.17. The van der Waals surface area contributed by atoms with Crippen LogP contribution in [0.1, 0.15) is 32.7 Å². The van der Waals surface area contributed by atoms with Gasteiger partial charge in [-0.1, -0.05) is 18.7 Å². The Labute approximate surface area is 104 Å². The number of hydrogen-bond donors (Lipinski definition) is 0. The van der Waals surface area contributed by atoms with Crippen molar-refractivity contribution in [2.24, 2.45) is 5.92 Å². The quantitative estimate of drug-likeness (QED) is 0.564. The molecule has 7 heteroatoms. The van der Waals surface area contributed by atoms with E-state index in [4.69, 9.17) is 4.74 Å². The molecule has 1 saturated carbocycles. The highest BCUT2D eigenvalue weighted by Gasteiger charge is 2.28. The molecule has 1 aliphatic carbocycles. The van der Waals surface area contributed by atoms with Crippen molar-refractivity contribution in [1.82, 2.24) is 20.2 Å². The van der Waals surface area contributed by atoms with Crippen LogP contribution in [0.2, 0.25) is 0 Å². The number of rotatable bonds is 6. The molecule has 0 aromatic carbocycles. The number of esters is 1. The first kappa shape index (κ1) is 12.3. The van der Waals surface area contributed by atoms with Crippen LogP contribution in [0, 0.1) is 5.92 Å². The van der Waals surface area contributed by atoms with Crippen molar-refractivity contribution in [2.45, 2.75) is 37.9 Å².